The number of rotatable bonds is 11. The number of halogens is 3. The molecule has 0 aliphatic heterocycles. The lowest BCUT2D eigenvalue weighted by Gasteiger charge is -2.28. The summed E-state index contributed by atoms with van der Waals surface area (Å²) < 4.78 is 54.9. The standard InChI is InChI=1S/C18H29F3O3Si/c1-15(2)24-25(22-3,23-4)13-8-6-5-7-10-16-11-9-12-17(14-16)18(19,20)21/h9,11-12,14-15H,5-8,10,13H2,1-4H3. The van der Waals surface area contributed by atoms with Gasteiger partial charge in [-0.1, -0.05) is 31.0 Å². The quantitative estimate of drug-likeness (QED) is 0.378. The van der Waals surface area contributed by atoms with Crippen molar-refractivity contribution in [1.29, 1.82) is 0 Å². The van der Waals surface area contributed by atoms with Crippen LogP contribution in [-0.4, -0.2) is 29.1 Å². The van der Waals surface area contributed by atoms with E-state index < -0.39 is 20.5 Å². The summed E-state index contributed by atoms with van der Waals surface area (Å²) >= 11 is 0. The average molecular weight is 379 g/mol. The molecule has 0 aromatic heterocycles. The molecule has 144 valence electrons. The van der Waals surface area contributed by atoms with Crippen molar-refractivity contribution in [2.45, 2.75) is 64.3 Å². The maximum Gasteiger partial charge on any atom is 0.500 e. The molecule has 1 aromatic rings. The molecule has 0 bridgehead atoms. The van der Waals surface area contributed by atoms with E-state index in [0.29, 0.717) is 6.42 Å². The number of unbranched alkanes of at least 4 members (excludes halogenated alkanes) is 3. The summed E-state index contributed by atoms with van der Waals surface area (Å²) in [5.74, 6) is 0. The van der Waals surface area contributed by atoms with Gasteiger partial charge in [-0.2, -0.15) is 13.2 Å². The second-order valence-corrected chi connectivity index (χ2v) is 9.29. The largest absolute Gasteiger partial charge is 0.500 e. The molecule has 7 heteroatoms. The van der Waals surface area contributed by atoms with Crippen molar-refractivity contribution in [3.05, 3.63) is 35.4 Å². The SMILES string of the molecule is CO[Si](CCCCCCc1cccc(C(F)(F)F)c1)(OC)OC(C)C. The van der Waals surface area contributed by atoms with E-state index in [0.717, 1.165) is 43.4 Å². The fraction of sp³-hybridized carbons (Fsp3) is 0.667. The Morgan fingerprint density at radius 1 is 1.00 bits per heavy atom. The van der Waals surface area contributed by atoms with Gasteiger partial charge in [0.1, 0.15) is 0 Å². The lowest BCUT2D eigenvalue weighted by Crippen LogP contribution is -2.45. The maximum absolute atomic E-state index is 12.7. The van der Waals surface area contributed by atoms with Crippen LogP contribution in [0.2, 0.25) is 6.04 Å². The number of benzene rings is 1. The summed E-state index contributed by atoms with van der Waals surface area (Å²) in [4.78, 5) is 0. The fourth-order valence-corrected chi connectivity index (χ4v) is 5.02. The van der Waals surface area contributed by atoms with Gasteiger partial charge in [0.15, 0.2) is 0 Å². The van der Waals surface area contributed by atoms with E-state index in [4.69, 9.17) is 13.3 Å². The minimum absolute atomic E-state index is 0.0486. The molecule has 3 nitrogen and oxygen atoms in total. The molecule has 1 aromatic carbocycles. The van der Waals surface area contributed by atoms with Crippen LogP contribution in [0.15, 0.2) is 24.3 Å². The molecule has 0 fully saturated rings. The first kappa shape index (κ1) is 22.1. The first-order chi connectivity index (χ1) is 11.7. The van der Waals surface area contributed by atoms with Crippen LogP contribution in [0.1, 0.15) is 50.7 Å². The molecular weight excluding hydrogens is 349 g/mol. The third kappa shape index (κ3) is 7.90. The Bertz CT molecular complexity index is 503. The smallest absolute Gasteiger partial charge is 0.377 e. The van der Waals surface area contributed by atoms with Crippen LogP contribution in [0.4, 0.5) is 13.2 Å². The molecule has 0 atom stereocenters. The van der Waals surface area contributed by atoms with Gasteiger partial charge in [-0.15, -0.1) is 0 Å². The van der Waals surface area contributed by atoms with Gasteiger partial charge in [-0.25, -0.2) is 0 Å². The molecule has 0 radical (unpaired) electrons. The van der Waals surface area contributed by atoms with Gasteiger partial charge < -0.3 is 13.3 Å². The molecule has 0 N–H and O–H groups in total. The van der Waals surface area contributed by atoms with Crippen LogP contribution in [0.25, 0.3) is 0 Å². The first-order valence-corrected chi connectivity index (χ1v) is 10.6. The van der Waals surface area contributed by atoms with Crippen LogP contribution < -0.4 is 0 Å². The minimum Gasteiger partial charge on any atom is -0.377 e. The van der Waals surface area contributed by atoms with Crippen molar-refractivity contribution in [2.24, 2.45) is 0 Å². The van der Waals surface area contributed by atoms with Crippen molar-refractivity contribution < 1.29 is 26.4 Å². The van der Waals surface area contributed by atoms with Crippen molar-refractivity contribution >= 4 is 8.80 Å². The van der Waals surface area contributed by atoms with Gasteiger partial charge >= 0.3 is 15.0 Å². The highest BCUT2D eigenvalue weighted by molar-refractivity contribution is 6.60. The molecule has 25 heavy (non-hydrogen) atoms. The van der Waals surface area contributed by atoms with Crippen LogP contribution in [0, 0.1) is 0 Å². The molecule has 0 saturated carbocycles. The highest BCUT2D eigenvalue weighted by atomic mass is 28.4. The van der Waals surface area contributed by atoms with Crippen molar-refractivity contribution in [3.63, 3.8) is 0 Å². The third-order valence-electron chi connectivity index (χ3n) is 3.99. The summed E-state index contributed by atoms with van der Waals surface area (Å²) in [6.45, 7) is 3.91. The Morgan fingerprint density at radius 2 is 1.64 bits per heavy atom. The molecule has 0 aliphatic rings. The summed E-state index contributed by atoms with van der Waals surface area (Å²) in [5.41, 5.74) is 0.155. The van der Waals surface area contributed by atoms with Crippen molar-refractivity contribution in [1.82, 2.24) is 0 Å². The predicted octanol–water partition coefficient (Wildman–Crippen LogP) is 5.47. The average Bonchev–Trinajstić information content (AvgIpc) is 2.56. The van der Waals surface area contributed by atoms with Gasteiger partial charge in [0.2, 0.25) is 0 Å². The van der Waals surface area contributed by atoms with E-state index in [-0.39, 0.29) is 6.10 Å². The first-order valence-electron chi connectivity index (χ1n) is 8.66. The molecule has 0 unspecified atom stereocenters. The summed E-state index contributed by atoms with van der Waals surface area (Å²) in [7, 11) is 0.650. The van der Waals surface area contributed by atoms with Crippen LogP contribution >= 0.6 is 0 Å². The second kappa shape index (κ2) is 10.3. The molecule has 0 heterocycles. The summed E-state index contributed by atoms with van der Waals surface area (Å²) in [6, 6.07) is 6.32. The Balaban J connectivity index is 2.34. The van der Waals surface area contributed by atoms with E-state index in [2.05, 4.69) is 0 Å². The zero-order valence-electron chi connectivity index (χ0n) is 15.5. The highest BCUT2D eigenvalue weighted by Crippen LogP contribution is 2.30. The maximum atomic E-state index is 12.7. The predicted molar refractivity (Wildman–Crippen MR) is 94.4 cm³/mol. The van der Waals surface area contributed by atoms with E-state index in [1.54, 1.807) is 20.3 Å². The lowest BCUT2D eigenvalue weighted by atomic mass is 10.0. The minimum atomic E-state index is -4.28. The number of hydrogen-bond donors (Lipinski definition) is 0. The second-order valence-electron chi connectivity index (χ2n) is 6.37. The Morgan fingerprint density at radius 3 is 2.20 bits per heavy atom. The molecule has 0 amide bonds. The monoisotopic (exact) mass is 378 g/mol. The number of aryl methyl sites for hydroxylation is 1. The van der Waals surface area contributed by atoms with Gasteiger partial charge in [-0.05, 0) is 44.7 Å². The lowest BCUT2D eigenvalue weighted by molar-refractivity contribution is -0.137. The topological polar surface area (TPSA) is 27.7 Å². The Labute approximate surface area is 149 Å². The van der Waals surface area contributed by atoms with Crippen LogP contribution in [-0.2, 0) is 25.9 Å². The van der Waals surface area contributed by atoms with Gasteiger partial charge in [0, 0.05) is 26.4 Å². The zero-order valence-corrected chi connectivity index (χ0v) is 16.5. The number of hydrogen-bond acceptors (Lipinski definition) is 3. The molecule has 0 saturated heterocycles. The van der Waals surface area contributed by atoms with E-state index in [9.17, 15) is 13.2 Å². The fourth-order valence-electron chi connectivity index (χ4n) is 2.73. The van der Waals surface area contributed by atoms with Gasteiger partial charge in [0.05, 0.1) is 5.56 Å². The highest BCUT2D eigenvalue weighted by Gasteiger charge is 2.39. The van der Waals surface area contributed by atoms with Crippen LogP contribution in [0.5, 0.6) is 0 Å². The Hall–Kier alpha value is -0.893. The summed E-state index contributed by atoms with van der Waals surface area (Å²) in [5, 5.41) is 0. The number of alkyl halides is 3. The van der Waals surface area contributed by atoms with Gasteiger partial charge in [0.25, 0.3) is 0 Å². The molecule has 0 spiro atoms. The molecular formula is C18H29F3O3Si. The van der Waals surface area contributed by atoms with Gasteiger partial charge in [-0.3, -0.25) is 0 Å². The summed E-state index contributed by atoms with van der Waals surface area (Å²) in [6.07, 6.45) is 0.138. The normalized spacial score (nSPS) is 12.8. The molecule has 1 rings (SSSR count). The van der Waals surface area contributed by atoms with E-state index >= 15 is 0 Å². The molecule has 0 aliphatic carbocycles. The van der Waals surface area contributed by atoms with Crippen molar-refractivity contribution in [2.75, 3.05) is 14.2 Å². The van der Waals surface area contributed by atoms with Crippen LogP contribution in [0.3, 0.4) is 0 Å². The zero-order chi connectivity index (χ0) is 18.9. The Kier molecular flexibility index (Phi) is 9.13. The van der Waals surface area contributed by atoms with E-state index in [1.165, 1.54) is 12.1 Å². The van der Waals surface area contributed by atoms with E-state index in [1.807, 2.05) is 13.8 Å². The van der Waals surface area contributed by atoms with Crippen molar-refractivity contribution in [3.8, 4) is 0 Å². The third-order valence-corrected chi connectivity index (χ3v) is 7.03.